The van der Waals surface area contributed by atoms with E-state index in [4.69, 9.17) is 0 Å². The standard InChI is InChI=1S/C21H18N4O4/c1-3-16-22-14-10-6-4-8-12(14)20(28)25(16)23-19(27)17-18(26)13-9-5-7-11-15(13)24(2)21(17)29/h4-11,26H,3H2,1-2H3,(H,23,27). The quantitative estimate of drug-likeness (QED) is 0.556. The van der Waals surface area contributed by atoms with Crippen LogP contribution in [0.4, 0.5) is 0 Å². The molecule has 0 spiro atoms. The topological polar surface area (TPSA) is 106 Å². The molecule has 0 aliphatic rings. The maximum absolute atomic E-state index is 12.9. The van der Waals surface area contributed by atoms with E-state index in [9.17, 15) is 19.5 Å². The van der Waals surface area contributed by atoms with Gasteiger partial charge in [0.1, 0.15) is 17.1 Å². The Balaban J connectivity index is 1.89. The third kappa shape index (κ3) is 2.85. The maximum Gasteiger partial charge on any atom is 0.280 e. The van der Waals surface area contributed by atoms with Crippen LogP contribution in [0.1, 0.15) is 23.1 Å². The lowest BCUT2D eigenvalue weighted by Crippen LogP contribution is -2.39. The molecule has 2 N–H and O–H groups in total. The van der Waals surface area contributed by atoms with E-state index in [1.54, 1.807) is 55.5 Å². The number of aryl methyl sites for hydroxylation is 2. The summed E-state index contributed by atoms with van der Waals surface area (Å²) >= 11 is 0. The van der Waals surface area contributed by atoms with Crippen molar-refractivity contribution in [1.29, 1.82) is 0 Å². The first kappa shape index (κ1) is 18.4. The number of pyridine rings is 1. The average Bonchev–Trinajstić information content (AvgIpc) is 2.74. The van der Waals surface area contributed by atoms with Crippen LogP contribution >= 0.6 is 0 Å². The molecular formula is C21H18N4O4. The molecule has 29 heavy (non-hydrogen) atoms. The number of aromatic nitrogens is 3. The summed E-state index contributed by atoms with van der Waals surface area (Å²) in [6.45, 7) is 1.80. The molecule has 0 saturated heterocycles. The summed E-state index contributed by atoms with van der Waals surface area (Å²) < 4.78 is 2.31. The summed E-state index contributed by atoms with van der Waals surface area (Å²) in [4.78, 5) is 43.0. The molecule has 0 atom stereocenters. The van der Waals surface area contributed by atoms with Crippen LogP contribution in [0.5, 0.6) is 5.75 Å². The number of rotatable bonds is 3. The fourth-order valence-corrected chi connectivity index (χ4v) is 3.37. The normalized spacial score (nSPS) is 11.1. The van der Waals surface area contributed by atoms with Gasteiger partial charge in [-0.1, -0.05) is 31.2 Å². The number of benzene rings is 2. The van der Waals surface area contributed by atoms with Gasteiger partial charge in [0.25, 0.3) is 17.0 Å². The van der Waals surface area contributed by atoms with E-state index in [1.807, 2.05) is 0 Å². The Kier molecular flexibility index (Phi) is 4.38. The van der Waals surface area contributed by atoms with Crippen LogP contribution in [0, 0.1) is 0 Å². The molecule has 2 aromatic carbocycles. The van der Waals surface area contributed by atoms with Gasteiger partial charge in [0.2, 0.25) is 0 Å². The van der Waals surface area contributed by atoms with Gasteiger partial charge in [-0.3, -0.25) is 19.8 Å². The third-order valence-electron chi connectivity index (χ3n) is 4.88. The molecule has 1 amide bonds. The fraction of sp³-hybridized carbons (Fsp3) is 0.143. The Bertz CT molecular complexity index is 1400. The van der Waals surface area contributed by atoms with E-state index in [0.29, 0.717) is 34.1 Å². The number of aromatic hydroxyl groups is 1. The largest absolute Gasteiger partial charge is 0.506 e. The van der Waals surface area contributed by atoms with Crippen LogP contribution in [0.3, 0.4) is 0 Å². The van der Waals surface area contributed by atoms with E-state index in [2.05, 4.69) is 10.4 Å². The number of fused-ring (bicyclic) bond motifs is 2. The van der Waals surface area contributed by atoms with E-state index in [1.165, 1.54) is 11.6 Å². The van der Waals surface area contributed by atoms with Gasteiger partial charge in [0.05, 0.1) is 16.4 Å². The number of nitrogens with one attached hydrogen (secondary N) is 1. The number of amides is 1. The van der Waals surface area contributed by atoms with Crippen molar-refractivity contribution >= 4 is 27.7 Å². The summed E-state index contributed by atoms with van der Waals surface area (Å²) in [5, 5.41) is 11.3. The smallest absolute Gasteiger partial charge is 0.280 e. The van der Waals surface area contributed by atoms with Gasteiger partial charge in [-0.05, 0) is 24.3 Å². The van der Waals surface area contributed by atoms with Gasteiger partial charge in [-0.25, -0.2) is 9.66 Å². The summed E-state index contributed by atoms with van der Waals surface area (Å²) in [6, 6.07) is 13.5. The zero-order valence-corrected chi connectivity index (χ0v) is 15.8. The van der Waals surface area contributed by atoms with Crippen molar-refractivity contribution in [2.45, 2.75) is 13.3 Å². The molecule has 0 aliphatic carbocycles. The molecular weight excluding hydrogens is 372 g/mol. The van der Waals surface area contributed by atoms with Crippen LogP contribution in [-0.4, -0.2) is 25.2 Å². The fourth-order valence-electron chi connectivity index (χ4n) is 3.37. The molecule has 0 unspecified atom stereocenters. The highest BCUT2D eigenvalue weighted by molar-refractivity contribution is 6.06. The average molecular weight is 390 g/mol. The minimum Gasteiger partial charge on any atom is -0.506 e. The molecule has 8 nitrogen and oxygen atoms in total. The molecule has 0 bridgehead atoms. The molecule has 4 rings (SSSR count). The monoisotopic (exact) mass is 390 g/mol. The van der Waals surface area contributed by atoms with Gasteiger partial charge >= 0.3 is 0 Å². The SMILES string of the molecule is CCc1nc2ccccc2c(=O)n1NC(=O)c1c(O)c2ccccc2n(C)c1=O. The van der Waals surface area contributed by atoms with Crippen molar-refractivity contribution in [2.75, 3.05) is 5.43 Å². The highest BCUT2D eigenvalue weighted by atomic mass is 16.3. The Labute approximate surface area is 164 Å². The number of hydrogen-bond donors (Lipinski definition) is 2. The van der Waals surface area contributed by atoms with Crippen molar-refractivity contribution in [3.05, 3.63) is 80.6 Å². The Hall–Kier alpha value is -3.94. The number of hydrogen-bond acceptors (Lipinski definition) is 5. The number of carbonyl (C=O) groups is 1. The second kappa shape index (κ2) is 6.90. The molecule has 0 fully saturated rings. The number of para-hydroxylation sites is 2. The molecule has 0 aliphatic heterocycles. The Morgan fingerprint density at radius 3 is 2.41 bits per heavy atom. The first-order valence-electron chi connectivity index (χ1n) is 9.06. The highest BCUT2D eigenvalue weighted by Crippen LogP contribution is 2.25. The minimum absolute atomic E-state index is 0.333. The van der Waals surface area contributed by atoms with Gasteiger partial charge < -0.3 is 9.67 Å². The lowest BCUT2D eigenvalue weighted by atomic mass is 10.1. The lowest BCUT2D eigenvalue weighted by Gasteiger charge is -2.15. The lowest BCUT2D eigenvalue weighted by molar-refractivity contribution is 0.100. The van der Waals surface area contributed by atoms with Crippen LogP contribution < -0.4 is 16.5 Å². The number of carbonyl (C=O) groups excluding carboxylic acids is 1. The van der Waals surface area contributed by atoms with E-state index < -0.39 is 28.3 Å². The molecule has 2 aromatic heterocycles. The maximum atomic E-state index is 12.9. The zero-order valence-electron chi connectivity index (χ0n) is 15.8. The van der Waals surface area contributed by atoms with Crippen LogP contribution in [-0.2, 0) is 13.5 Å². The summed E-state index contributed by atoms with van der Waals surface area (Å²) in [6.07, 6.45) is 0.377. The molecule has 8 heteroatoms. The van der Waals surface area contributed by atoms with Gasteiger partial charge in [-0.15, -0.1) is 0 Å². The first-order chi connectivity index (χ1) is 13.9. The highest BCUT2D eigenvalue weighted by Gasteiger charge is 2.22. The van der Waals surface area contributed by atoms with Crippen molar-refractivity contribution in [2.24, 2.45) is 7.05 Å². The first-order valence-corrected chi connectivity index (χ1v) is 9.06. The number of nitrogens with zero attached hydrogens (tertiary/aromatic N) is 3. The van der Waals surface area contributed by atoms with E-state index >= 15 is 0 Å². The zero-order chi connectivity index (χ0) is 20.7. The van der Waals surface area contributed by atoms with Crippen molar-refractivity contribution < 1.29 is 9.90 Å². The predicted octanol–water partition coefficient (Wildman–Crippen LogP) is 1.90. The van der Waals surface area contributed by atoms with Gasteiger partial charge in [0.15, 0.2) is 0 Å². The Morgan fingerprint density at radius 2 is 1.69 bits per heavy atom. The Morgan fingerprint density at radius 1 is 1.03 bits per heavy atom. The third-order valence-corrected chi connectivity index (χ3v) is 4.88. The second-order valence-electron chi connectivity index (χ2n) is 6.59. The molecule has 2 heterocycles. The summed E-state index contributed by atoms with van der Waals surface area (Å²) in [5.41, 5.74) is 1.89. The molecule has 0 saturated carbocycles. The van der Waals surface area contributed by atoms with E-state index in [0.717, 1.165) is 4.68 Å². The predicted molar refractivity (Wildman–Crippen MR) is 110 cm³/mol. The molecule has 4 aromatic rings. The van der Waals surface area contributed by atoms with Crippen LogP contribution in [0.15, 0.2) is 58.1 Å². The van der Waals surface area contributed by atoms with Crippen molar-refractivity contribution in [3.63, 3.8) is 0 Å². The van der Waals surface area contributed by atoms with Crippen molar-refractivity contribution in [1.82, 2.24) is 14.2 Å². The van der Waals surface area contributed by atoms with E-state index in [-0.39, 0.29) is 0 Å². The summed E-state index contributed by atoms with van der Waals surface area (Å²) in [5.74, 6) is -0.983. The second-order valence-corrected chi connectivity index (χ2v) is 6.59. The molecule has 146 valence electrons. The van der Waals surface area contributed by atoms with Crippen LogP contribution in [0.2, 0.25) is 0 Å². The van der Waals surface area contributed by atoms with Crippen LogP contribution in [0.25, 0.3) is 21.8 Å². The molecule has 0 radical (unpaired) electrons. The van der Waals surface area contributed by atoms with Gasteiger partial charge in [-0.2, -0.15) is 0 Å². The van der Waals surface area contributed by atoms with Crippen molar-refractivity contribution in [3.8, 4) is 5.75 Å². The minimum atomic E-state index is -0.886. The summed E-state index contributed by atoms with van der Waals surface area (Å²) in [7, 11) is 1.52. The van der Waals surface area contributed by atoms with Gasteiger partial charge in [0, 0.05) is 18.9 Å².